The van der Waals surface area contributed by atoms with E-state index in [-0.39, 0.29) is 5.92 Å². The first-order valence-electron chi connectivity index (χ1n) is 4.46. The maximum Gasteiger partial charge on any atom is 0.137 e. The minimum atomic E-state index is -0.0717. The average molecular weight is 192 g/mol. The summed E-state index contributed by atoms with van der Waals surface area (Å²) in [6.07, 6.45) is 2.63. The van der Waals surface area contributed by atoms with Crippen LogP contribution in [0.4, 0.5) is 5.82 Å². The number of fused-ring (bicyclic) bond motifs is 1. The SMILES string of the molecule is COc1cnc2c(c1)C(C=O)CN2C. The molecule has 1 aliphatic heterocycles. The first-order valence-corrected chi connectivity index (χ1v) is 4.46. The van der Waals surface area contributed by atoms with Crippen LogP contribution in [-0.4, -0.2) is 32.0 Å². The minimum absolute atomic E-state index is 0.0717. The molecule has 1 atom stereocenters. The number of anilines is 1. The second-order valence-electron chi connectivity index (χ2n) is 3.41. The highest BCUT2D eigenvalue weighted by Gasteiger charge is 2.27. The lowest BCUT2D eigenvalue weighted by Crippen LogP contribution is -2.16. The fraction of sp³-hybridized carbons (Fsp3) is 0.400. The van der Waals surface area contributed by atoms with Crippen molar-refractivity contribution in [1.29, 1.82) is 0 Å². The van der Waals surface area contributed by atoms with E-state index in [2.05, 4.69) is 4.98 Å². The number of hydrogen-bond acceptors (Lipinski definition) is 4. The molecular formula is C10H12N2O2. The van der Waals surface area contributed by atoms with Crippen LogP contribution in [0, 0.1) is 0 Å². The molecule has 4 nitrogen and oxygen atoms in total. The van der Waals surface area contributed by atoms with Gasteiger partial charge in [-0.2, -0.15) is 0 Å². The van der Waals surface area contributed by atoms with Crippen molar-refractivity contribution in [3.05, 3.63) is 17.8 Å². The fourth-order valence-corrected chi connectivity index (χ4v) is 1.75. The molecule has 0 aliphatic carbocycles. The van der Waals surface area contributed by atoms with Gasteiger partial charge in [0.25, 0.3) is 0 Å². The van der Waals surface area contributed by atoms with Crippen molar-refractivity contribution in [2.75, 3.05) is 25.6 Å². The number of pyridine rings is 1. The molecule has 0 N–H and O–H groups in total. The highest BCUT2D eigenvalue weighted by atomic mass is 16.5. The number of aldehydes is 1. The van der Waals surface area contributed by atoms with Crippen LogP contribution >= 0.6 is 0 Å². The summed E-state index contributed by atoms with van der Waals surface area (Å²) in [7, 11) is 3.53. The summed E-state index contributed by atoms with van der Waals surface area (Å²) < 4.78 is 5.07. The maximum absolute atomic E-state index is 10.8. The number of nitrogens with zero attached hydrogens (tertiary/aromatic N) is 2. The smallest absolute Gasteiger partial charge is 0.137 e. The second kappa shape index (κ2) is 3.29. The number of rotatable bonds is 2. The predicted octanol–water partition coefficient (Wildman–Crippen LogP) is 0.822. The Hall–Kier alpha value is -1.58. The topological polar surface area (TPSA) is 42.4 Å². The lowest BCUT2D eigenvalue weighted by Gasteiger charge is -2.09. The molecular weight excluding hydrogens is 180 g/mol. The summed E-state index contributed by atoms with van der Waals surface area (Å²) in [5.41, 5.74) is 0.960. The van der Waals surface area contributed by atoms with E-state index in [1.807, 2.05) is 18.0 Å². The normalized spacial score (nSPS) is 19.3. The Labute approximate surface area is 82.5 Å². The van der Waals surface area contributed by atoms with E-state index < -0.39 is 0 Å². The molecule has 74 valence electrons. The zero-order valence-electron chi connectivity index (χ0n) is 8.23. The van der Waals surface area contributed by atoms with Gasteiger partial charge in [0.05, 0.1) is 19.2 Å². The molecule has 0 saturated heterocycles. The molecule has 1 aromatic rings. The van der Waals surface area contributed by atoms with Gasteiger partial charge >= 0.3 is 0 Å². The van der Waals surface area contributed by atoms with Crippen LogP contribution in [0.2, 0.25) is 0 Å². The van der Waals surface area contributed by atoms with Crippen molar-refractivity contribution in [2.24, 2.45) is 0 Å². The molecule has 0 bridgehead atoms. The number of methoxy groups -OCH3 is 1. The lowest BCUT2D eigenvalue weighted by molar-refractivity contribution is -0.108. The Morgan fingerprint density at radius 3 is 3.14 bits per heavy atom. The third kappa shape index (κ3) is 1.23. The summed E-state index contributed by atoms with van der Waals surface area (Å²) in [4.78, 5) is 17.1. The molecule has 0 saturated carbocycles. The third-order valence-electron chi connectivity index (χ3n) is 2.50. The van der Waals surface area contributed by atoms with Gasteiger partial charge in [-0.15, -0.1) is 0 Å². The molecule has 1 aliphatic rings. The van der Waals surface area contributed by atoms with E-state index in [0.717, 1.165) is 17.7 Å². The van der Waals surface area contributed by atoms with Crippen LogP contribution in [0.1, 0.15) is 11.5 Å². The predicted molar refractivity (Wildman–Crippen MR) is 52.9 cm³/mol. The summed E-state index contributed by atoms with van der Waals surface area (Å²) in [5.74, 6) is 1.51. The maximum atomic E-state index is 10.8. The molecule has 2 rings (SSSR count). The summed E-state index contributed by atoms with van der Waals surface area (Å²) in [5, 5.41) is 0. The van der Waals surface area contributed by atoms with Gasteiger partial charge in [-0.25, -0.2) is 4.98 Å². The number of carbonyl (C=O) groups is 1. The Kier molecular flexibility index (Phi) is 2.11. The Balaban J connectivity index is 2.47. The lowest BCUT2D eigenvalue weighted by atomic mass is 10.1. The van der Waals surface area contributed by atoms with Gasteiger partial charge in [0.15, 0.2) is 0 Å². The van der Waals surface area contributed by atoms with E-state index in [4.69, 9.17) is 4.74 Å². The first kappa shape index (κ1) is 8.99. The summed E-state index contributed by atoms with van der Waals surface area (Å²) >= 11 is 0. The van der Waals surface area contributed by atoms with Crippen molar-refractivity contribution >= 4 is 12.1 Å². The minimum Gasteiger partial charge on any atom is -0.495 e. The number of carbonyl (C=O) groups excluding carboxylic acids is 1. The van der Waals surface area contributed by atoms with Crippen molar-refractivity contribution in [1.82, 2.24) is 4.98 Å². The van der Waals surface area contributed by atoms with Gasteiger partial charge in [-0.05, 0) is 6.07 Å². The van der Waals surface area contributed by atoms with Gasteiger partial charge < -0.3 is 14.4 Å². The van der Waals surface area contributed by atoms with Crippen molar-refractivity contribution in [3.8, 4) is 5.75 Å². The van der Waals surface area contributed by atoms with Crippen LogP contribution in [0.5, 0.6) is 5.75 Å². The number of ether oxygens (including phenoxy) is 1. The first-order chi connectivity index (χ1) is 6.76. The monoisotopic (exact) mass is 192 g/mol. The fourth-order valence-electron chi connectivity index (χ4n) is 1.75. The van der Waals surface area contributed by atoms with Crippen molar-refractivity contribution in [2.45, 2.75) is 5.92 Å². The standard InChI is InChI=1S/C10H12N2O2/c1-12-5-7(6-13)9-3-8(14-2)4-11-10(9)12/h3-4,6-7H,5H2,1-2H3. The molecule has 1 aromatic heterocycles. The summed E-state index contributed by atoms with van der Waals surface area (Å²) in [6, 6.07) is 1.88. The van der Waals surface area contributed by atoms with E-state index in [1.54, 1.807) is 13.3 Å². The van der Waals surface area contributed by atoms with Gasteiger partial charge in [0.1, 0.15) is 17.9 Å². The number of hydrogen-bond donors (Lipinski definition) is 0. The number of aromatic nitrogens is 1. The molecule has 4 heteroatoms. The van der Waals surface area contributed by atoms with Crippen LogP contribution < -0.4 is 9.64 Å². The van der Waals surface area contributed by atoms with E-state index in [9.17, 15) is 4.79 Å². The molecule has 0 aromatic carbocycles. The van der Waals surface area contributed by atoms with Crippen molar-refractivity contribution in [3.63, 3.8) is 0 Å². The van der Waals surface area contributed by atoms with E-state index in [0.29, 0.717) is 12.3 Å². The second-order valence-corrected chi connectivity index (χ2v) is 3.41. The van der Waals surface area contributed by atoms with Gasteiger partial charge in [-0.3, -0.25) is 0 Å². The molecule has 0 radical (unpaired) electrons. The molecule has 0 amide bonds. The van der Waals surface area contributed by atoms with Gasteiger partial charge in [0.2, 0.25) is 0 Å². The van der Waals surface area contributed by atoms with Gasteiger partial charge in [-0.1, -0.05) is 0 Å². The Bertz CT molecular complexity index is 365. The average Bonchev–Trinajstić information content (AvgIpc) is 2.55. The van der Waals surface area contributed by atoms with Crippen LogP contribution in [-0.2, 0) is 4.79 Å². The van der Waals surface area contributed by atoms with Crippen LogP contribution in [0.15, 0.2) is 12.3 Å². The quantitative estimate of drug-likeness (QED) is 0.651. The molecule has 1 unspecified atom stereocenters. The molecule has 0 spiro atoms. The zero-order valence-corrected chi connectivity index (χ0v) is 8.23. The van der Waals surface area contributed by atoms with E-state index in [1.165, 1.54) is 0 Å². The Morgan fingerprint density at radius 1 is 1.71 bits per heavy atom. The van der Waals surface area contributed by atoms with E-state index >= 15 is 0 Å². The summed E-state index contributed by atoms with van der Waals surface area (Å²) in [6.45, 7) is 0.707. The van der Waals surface area contributed by atoms with Gasteiger partial charge in [0, 0.05) is 19.2 Å². The Morgan fingerprint density at radius 2 is 2.50 bits per heavy atom. The largest absolute Gasteiger partial charge is 0.495 e. The molecule has 0 fully saturated rings. The van der Waals surface area contributed by atoms with Crippen LogP contribution in [0.3, 0.4) is 0 Å². The zero-order chi connectivity index (χ0) is 10.1. The highest BCUT2D eigenvalue weighted by molar-refractivity contribution is 5.72. The third-order valence-corrected chi connectivity index (χ3v) is 2.50. The molecule has 2 heterocycles. The van der Waals surface area contributed by atoms with Crippen molar-refractivity contribution < 1.29 is 9.53 Å². The number of likely N-dealkylation sites (N-methyl/N-ethyl adjacent to an activating group) is 1. The molecule has 14 heavy (non-hydrogen) atoms. The van der Waals surface area contributed by atoms with Crippen LogP contribution in [0.25, 0.3) is 0 Å². The highest BCUT2D eigenvalue weighted by Crippen LogP contribution is 2.34.